The minimum atomic E-state index is 0.876. The van der Waals surface area contributed by atoms with E-state index in [1.54, 1.807) is 0 Å². The van der Waals surface area contributed by atoms with Crippen molar-refractivity contribution in [3.8, 4) is 0 Å². The summed E-state index contributed by atoms with van der Waals surface area (Å²) in [4.78, 5) is 0. The summed E-state index contributed by atoms with van der Waals surface area (Å²) in [6.45, 7) is 14.8. The van der Waals surface area contributed by atoms with Crippen LogP contribution in [0.4, 0.5) is 0 Å². The summed E-state index contributed by atoms with van der Waals surface area (Å²) in [7, 11) is 0. The van der Waals surface area contributed by atoms with Crippen LogP contribution in [0.25, 0.3) is 0 Å². The Hall–Kier alpha value is 0. The molecular formula is C21H40. The first kappa shape index (κ1) is 17.4. The summed E-state index contributed by atoms with van der Waals surface area (Å²) in [6, 6.07) is 0. The van der Waals surface area contributed by atoms with Gasteiger partial charge in [-0.1, -0.05) is 54.4 Å². The first-order valence-electron chi connectivity index (χ1n) is 9.91. The van der Waals surface area contributed by atoms with Crippen LogP contribution in [0.15, 0.2) is 0 Å². The van der Waals surface area contributed by atoms with Gasteiger partial charge in [0.05, 0.1) is 0 Å². The molecule has 0 aliphatic heterocycles. The maximum Gasteiger partial charge on any atom is -0.0355 e. The molecule has 2 fully saturated rings. The fourth-order valence-electron chi connectivity index (χ4n) is 5.85. The zero-order valence-corrected chi connectivity index (χ0v) is 15.6. The summed E-state index contributed by atoms with van der Waals surface area (Å²) >= 11 is 0. The van der Waals surface area contributed by atoms with Crippen LogP contribution in [0.3, 0.4) is 0 Å². The zero-order valence-electron chi connectivity index (χ0n) is 15.6. The topological polar surface area (TPSA) is 0 Å². The van der Waals surface area contributed by atoms with Gasteiger partial charge in [-0.15, -0.1) is 0 Å². The molecule has 0 aromatic rings. The molecule has 0 bridgehead atoms. The third kappa shape index (κ3) is 4.05. The second-order valence-electron chi connectivity index (χ2n) is 9.25. The molecule has 2 rings (SSSR count). The smallest absolute Gasteiger partial charge is 0.0355 e. The van der Waals surface area contributed by atoms with E-state index in [1.165, 1.54) is 44.9 Å². The van der Waals surface area contributed by atoms with Gasteiger partial charge in [-0.25, -0.2) is 0 Å². The Morgan fingerprint density at radius 2 is 1.14 bits per heavy atom. The van der Waals surface area contributed by atoms with E-state index < -0.39 is 0 Å². The maximum atomic E-state index is 2.48. The number of hydrogen-bond donors (Lipinski definition) is 0. The lowest BCUT2D eigenvalue weighted by atomic mass is 9.59. The Kier molecular flexibility index (Phi) is 6.21. The average molecular weight is 293 g/mol. The van der Waals surface area contributed by atoms with Crippen LogP contribution < -0.4 is 0 Å². The molecule has 2 aliphatic carbocycles. The normalized spacial score (nSPS) is 38.4. The van der Waals surface area contributed by atoms with Gasteiger partial charge >= 0.3 is 0 Å². The van der Waals surface area contributed by atoms with Gasteiger partial charge in [-0.2, -0.15) is 0 Å². The molecule has 0 N–H and O–H groups in total. The third-order valence-corrected chi connectivity index (χ3v) is 7.04. The molecule has 2 saturated carbocycles. The zero-order chi connectivity index (χ0) is 15.6. The van der Waals surface area contributed by atoms with Gasteiger partial charge in [0.25, 0.3) is 0 Å². The van der Waals surface area contributed by atoms with Gasteiger partial charge in [0, 0.05) is 0 Å². The van der Waals surface area contributed by atoms with Crippen molar-refractivity contribution in [2.75, 3.05) is 0 Å². The Morgan fingerprint density at radius 1 is 0.571 bits per heavy atom. The van der Waals surface area contributed by atoms with Crippen LogP contribution in [0.2, 0.25) is 0 Å². The molecule has 0 amide bonds. The van der Waals surface area contributed by atoms with Crippen molar-refractivity contribution < 1.29 is 0 Å². The molecule has 0 heterocycles. The lowest BCUT2D eigenvalue weighted by molar-refractivity contribution is 0.0307. The van der Waals surface area contributed by atoms with Crippen LogP contribution in [0.5, 0.6) is 0 Å². The first-order valence-corrected chi connectivity index (χ1v) is 9.91. The number of rotatable bonds is 4. The van der Waals surface area contributed by atoms with Gasteiger partial charge in [0.2, 0.25) is 0 Å². The van der Waals surface area contributed by atoms with Crippen molar-refractivity contribution in [2.24, 2.45) is 47.3 Å². The van der Waals surface area contributed by atoms with E-state index in [1.807, 2.05) is 0 Å². The highest BCUT2D eigenvalue weighted by Gasteiger charge is 2.40. The molecule has 5 atom stereocenters. The van der Waals surface area contributed by atoms with E-state index in [2.05, 4.69) is 41.5 Å². The van der Waals surface area contributed by atoms with Crippen molar-refractivity contribution in [3.63, 3.8) is 0 Å². The molecule has 2 aliphatic rings. The van der Waals surface area contributed by atoms with Gasteiger partial charge in [-0.3, -0.25) is 0 Å². The average Bonchev–Trinajstić information content (AvgIpc) is 2.46. The predicted octanol–water partition coefficient (Wildman–Crippen LogP) is 6.79. The summed E-state index contributed by atoms with van der Waals surface area (Å²) < 4.78 is 0. The van der Waals surface area contributed by atoms with Crippen LogP contribution in [-0.2, 0) is 0 Å². The van der Waals surface area contributed by atoms with E-state index in [0.29, 0.717) is 0 Å². The molecule has 0 heteroatoms. The van der Waals surface area contributed by atoms with Crippen molar-refractivity contribution in [2.45, 2.75) is 86.5 Å². The van der Waals surface area contributed by atoms with Crippen LogP contribution >= 0.6 is 0 Å². The molecule has 0 radical (unpaired) electrons. The highest BCUT2D eigenvalue weighted by Crippen LogP contribution is 2.49. The first-order chi connectivity index (χ1) is 9.91. The van der Waals surface area contributed by atoms with Crippen molar-refractivity contribution in [1.82, 2.24) is 0 Å². The third-order valence-electron chi connectivity index (χ3n) is 7.04. The Morgan fingerprint density at radius 3 is 1.71 bits per heavy atom. The molecular weight excluding hydrogens is 252 g/mol. The summed E-state index contributed by atoms with van der Waals surface area (Å²) in [5, 5.41) is 0. The monoisotopic (exact) mass is 292 g/mol. The van der Waals surface area contributed by atoms with Crippen molar-refractivity contribution in [1.29, 1.82) is 0 Å². The van der Waals surface area contributed by atoms with Gasteiger partial charge in [0.1, 0.15) is 0 Å². The van der Waals surface area contributed by atoms with Crippen molar-refractivity contribution >= 4 is 0 Å². The predicted molar refractivity (Wildman–Crippen MR) is 94.3 cm³/mol. The fraction of sp³-hybridized carbons (Fsp3) is 1.00. The second-order valence-corrected chi connectivity index (χ2v) is 9.25. The largest absolute Gasteiger partial charge is 0.0625 e. The van der Waals surface area contributed by atoms with Gasteiger partial charge < -0.3 is 0 Å². The number of hydrogen-bond acceptors (Lipinski definition) is 0. The summed E-state index contributed by atoms with van der Waals surface area (Å²) in [5.74, 6) is 7.74. The lowest BCUT2D eigenvalue weighted by Gasteiger charge is -2.47. The van der Waals surface area contributed by atoms with Crippen LogP contribution in [0, 0.1) is 47.3 Å². The van der Waals surface area contributed by atoms with Crippen LogP contribution in [-0.4, -0.2) is 0 Å². The maximum absolute atomic E-state index is 2.48. The van der Waals surface area contributed by atoms with E-state index in [4.69, 9.17) is 0 Å². The molecule has 0 aromatic carbocycles. The van der Waals surface area contributed by atoms with Gasteiger partial charge in [-0.05, 0) is 79.4 Å². The van der Waals surface area contributed by atoms with Gasteiger partial charge in [0.15, 0.2) is 0 Å². The summed E-state index contributed by atoms with van der Waals surface area (Å²) in [5.41, 5.74) is 0. The Bertz CT molecular complexity index is 301. The van der Waals surface area contributed by atoms with E-state index in [-0.39, 0.29) is 0 Å². The molecule has 21 heavy (non-hydrogen) atoms. The molecule has 0 saturated heterocycles. The Balaban J connectivity index is 2.07. The molecule has 5 unspecified atom stereocenters. The standard InChI is InChI=1S/C21H40/c1-14(2)18-9-7-8-10-20(18)17-11-12-19(15(3)4)21(13-17)16(5)6/h14-21H,7-13H2,1-6H3. The lowest BCUT2D eigenvalue weighted by Crippen LogP contribution is -2.38. The summed E-state index contributed by atoms with van der Waals surface area (Å²) in [6.07, 6.45) is 10.6. The van der Waals surface area contributed by atoms with E-state index >= 15 is 0 Å². The molecule has 0 spiro atoms. The molecule has 0 aromatic heterocycles. The Labute approximate surface area is 134 Å². The fourth-order valence-corrected chi connectivity index (χ4v) is 5.85. The minimum absolute atomic E-state index is 0.876. The van der Waals surface area contributed by atoms with Crippen LogP contribution in [0.1, 0.15) is 86.5 Å². The SMILES string of the molecule is CC(C)C1CCC(C2CCCCC2C(C)C)CC1C(C)C. The minimum Gasteiger partial charge on any atom is -0.0625 e. The molecule has 124 valence electrons. The highest BCUT2D eigenvalue weighted by atomic mass is 14.5. The quantitative estimate of drug-likeness (QED) is 0.535. The van der Waals surface area contributed by atoms with E-state index in [9.17, 15) is 0 Å². The van der Waals surface area contributed by atoms with Crippen molar-refractivity contribution in [3.05, 3.63) is 0 Å². The van der Waals surface area contributed by atoms with E-state index in [0.717, 1.165) is 47.3 Å². The second kappa shape index (κ2) is 7.51. The highest BCUT2D eigenvalue weighted by molar-refractivity contribution is 4.90. The molecule has 0 nitrogen and oxygen atoms in total.